The molecular weight excluding hydrogens is 350 g/mol. The zero-order chi connectivity index (χ0) is 18.9. The van der Waals surface area contributed by atoms with E-state index >= 15 is 0 Å². The zero-order valence-corrected chi connectivity index (χ0v) is 16.0. The van der Waals surface area contributed by atoms with Crippen LogP contribution in [0.4, 0.5) is 0 Å². The molecule has 1 atom stereocenters. The molecule has 1 amide bonds. The molecule has 0 bridgehead atoms. The van der Waals surface area contributed by atoms with E-state index < -0.39 is 9.84 Å². The Bertz CT molecular complexity index is 917. The lowest BCUT2D eigenvalue weighted by atomic mass is 10.0. The summed E-state index contributed by atoms with van der Waals surface area (Å²) in [6.07, 6.45) is 1.84. The van der Waals surface area contributed by atoms with Crippen molar-refractivity contribution in [1.82, 2.24) is 5.32 Å². The number of benzene rings is 2. The van der Waals surface area contributed by atoms with E-state index in [-0.39, 0.29) is 17.9 Å². The number of hydrogen-bond donors (Lipinski definition) is 1. The number of sulfone groups is 1. The third-order valence-corrected chi connectivity index (χ3v) is 5.58. The van der Waals surface area contributed by atoms with Gasteiger partial charge >= 0.3 is 0 Å². The van der Waals surface area contributed by atoms with Gasteiger partial charge in [0.15, 0.2) is 9.84 Å². The Kier molecular flexibility index (Phi) is 5.05. The molecule has 0 saturated carbocycles. The molecule has 0 aromatic heterocycles. The number of rotatable bonds is 5. The van der Waals surface area contributed by atoms with Crippen molar-refractivity contribution in [3.05, 3.63) is 48.0 Å². The van der Waals surface area contributed by atoms with E-state index in [1.54, 1.807) is 24.3 Å². The third kappa shape index (κ3) is 3.90. The summed E-state index contributed by atoms with van der Waals surface area (Å²) in [5.41, 5.74) is 2.93. The van der Waals surface area contributed by atoms with Crippen LogP contribution in [-0.2, 0) is 21.1 Å². The van der Waals surface area contributed by atoms with E-state index in [1.807, 2.05) is 32.0 Å². The highest BCUT2D eigenvalue weighted by Crippen LogP contribution is 2.38. The largest absolute Gasteiger partial charge is 0.487 e. The average Bonchev–Trinajstić information content (AvgIpc) is 3.01. The van der Waals surface area contributed by atoms with Gasteiger partial charge in [-0.25, -0.2) is 8.42 Å². The molecule has 2 aromatic carbocycles. The first-order chi connectivity index (χ1) is 12.3. The lowest BCUT2D eigenvalue weighted by molar-refractivity contribution is -0.124. The third-order valence-electron chi connectivity index (χ3n) is 4.45. The Morgan fingerprint density at radius 3 is 2.50 bits per heavy atom. The van der Waals surface area contributed by atoms with Crippen LogP contribution in [0.25, 0.3) is 11.1 Å². The first-order valence-electron chi connectivity index (χ1n) is 8.62. The zero-order valence-electron chi connectivity index (χ0n) is 15.2. The van der Waals surface area contributed by atoms with Gasteiger partial charge in [-0.05, 0) is 23.3 Å². The van der Waals surface area contributed by atoms with Crippen molar-refractivity contribution in [1.29, 1.82) is 0 Å². The van der Waals surface area contributed by atoms with Crippen molar-refractivity contribution in [3.8, 4) is 16.9 Å². The van der Waals surface area contributed by atoms with E-state index in [0.29, 0.717) is 11.4 Å². The van der Waals surface area contributed by atoms with Crippen LogP contribution in [-0.4, -0.2) is 33.2 Å². The number of ether oxygens (including phenoxy) is 1. The molecule has 1 aliphatic rings. The lowest BCUT2D eigenvalue weighted by Gasteiger charge is -2.14. The van der Waals surface area contributed by atoms with Crippen LogP contribution in [0.2, 0.25) is 0 Å². The van der Waals surface area contributed by atoms with Gasteiger partial charge in [0.2, 0.25) is 5.91 Å². The number of carbonyl (C=O) groups is 1. The van der Waals surface area contributed by atoms with Gasteiger partial charge in [-0.2, -0.15) is 0 Å². The molecule has 5 nitrogen and oxygen atoms in total. The van der Waals surface area contributed by atoms with Gasteiger partial charge in [-0.3, -0.25) is 4.79 Å². The van der Waals surface area contributed by atoms with Gasteiger partial charge in [0.05, 0.1) is 11.4 Å². The quantitative estimate of drug-likeness (QED) is 0.875. The Morgan fingerprint density at radius 2 is 1.88 bits per heavy atom. The van der Waals surface area contributed by atoms with Gasteiger partial charge in [0.1, 0.15) is 11.9 Å². The molecule has 3 rings (SSSR count). The summed E-state index contributed by atoms with van der Waals surface area (Å²) in [5.74, 6) is 0.771. The number of nitrogens with one attached hydrogen (secondary N) is 1. The molecule has 26 heavy (non-hydrogen) atoms. The second kappa shape index (κ2) is 7.11. The van der Waals surface area contributed by atoms with Crippen LogP contribution < -0.4 is 10.1 Å². The SMILES string of the molecule is CC(C)C(=O)NCC1Cc2cccc(-c3ccc(S(C)(=O)=O)cc3)c2O1. The Labute approximate surface area is 154 Å². The Morgan fingerprint density at radius 1 is 1.19 bits per heavy atom. The molecular formula is C20H23NO4S. The topological polar surface area (TPSA) is 72.5 Å². The number of carbonyl (C=O) groups excluding carboxylic acids is 1. The molecule has 0 saturated heterocycles. The van der Waals surface area contributed by atoms with E-state index in [4.69, 9.17) is 4.74 Å². The highest BCUT2D eigenvalue weighted by atomic mass is 32.2. The molecule has 0 radical (unpaired) electrons. The van der Waals surface area contributed by atoms with Crippen LogP contribution >= 0.6 is 0 Å². The predicted molar refractivity (Wildman–Crippen MR) is 101 cm³/mol. The standard InChI is InChI=1S/C20H23NO4S/c1-13(2)20(22)21-12-16-11-15-5-4-6-18(19(15)25-16)14-7-9-17(10-8-14)26(3,23)24/h4-10,13,16H,11-12H2,1-3H3,(H,21,22). The molecule has 0 fully saturated rings. The molecule has 138 valence electrons. The average molecular weight is 373 g/mol. The molecule has 1 heterocycles. The molecule has 1 aliphatic heterocycles. The second-order valence-corrected chi connectivity index (χ2v) is 8.95. The maximum atomic E-state index is 11.8. The van der Waals surface area contributed by atoms with Crippen molar-refractivity contribution in [3.63, 3.8) is 0 Å². The number of hydrogen-bond acceptors (Lipinski definition) is 4. The highest BCUT2D eigenvalue weighted by molar-refractivity contribution is 7.90. The van der Waals surface area contributed by atoms with E-state index in [0.717, 1.165) is 28.9 Å². The minimum absolute atomic E-state index is 0.0149. The number of fused-ring (bicyclic) bond motifs is 1. The van der Waals surface area contributed by atoms with Gasteiger partial charge in [-0.15, -0.1) is 0 Å². The van der Waals surface area contributed by atoms with Crippen molar-refractivity contribution < 1.29 is 17.9 Å². The van der Waals surface area contributed by atoms with E-state index in [1.165, 1.54) is 6.26 Å². The van der Waals surface area contributed by atoms with Gasteiger partial charge in [-0.1, -0.05) is 44.2 Å². The number of para-hydroxylation sites is 1. The van der Waals surface area contributed by atoms with Crippen molar-refractivity contribution in [2.75, 3.05) is 12.8 Å². The number of amides is 1. The van der Waals surface area contributed by atoms with Crippen LogP contribution in [0.5, 0.6) is 5.75 Å². The van der Waals surface area contributed by atoms with Crippen LogP contribution in [0.3, 0.4) is 0 Å². The van der Waals surface area contributed by atoms with E-state index in [9.17, 15) is 13.2 Å². The summed E-state index contributed by atoms with van der Waals surface area (Å²) < 4.78 is 29.3. The molecule has 1 unspecified atom stereocenters. The fourth-order valence-corrected chi connectivity index (χ4v) is 3.61. The van der Waals surface area contributed by atoms with Crippen molar-refractivity contribution >= 4 is 15.7 Å². The first-order valence-corrected chi connectivity index (χ1v) is 10.5. The molecule has 0 aliphatic carbocycles. The minimum atomic E-state index is -3.22. The lowest BCUT2D eigenvalue weighted by Crippen LogP contribution is -2.36. The Balaban J connectivity index is 1.80. The fraction of sp³-hybridized carbons (Fsp3) is 0.350. The summed E-state index contributed by atoms with van der Waals surface area (Å²) in [4.78, 5) is 12.1. The van der Waals surface area contributed by atoms with E-state index in [2.05, 4.69) is 5.32 Å². The molecule has 1 N–H and O–H groups in total. The summed E-state index contributed by atoms with van der Waals surface area (Å²) in [5, 5.41) is 2.91. The van der Waals surface area contributed by atoms with Crippen LogP contribution in [0.15, 0.2) is 47.4 Å². The van der Waals surface area contributed by atoms with Gasteiger partial charge < -0.3 is 10.1 Å². The molecule has 2 aromatic rings. The molecule has 6 heteroatoms. The van der Waals surface area contributed by atoms with Crippen molar-refractivity contribution in [2.24, 2.45) is 5.92 Å². The summed E-state index contributed by atoms with van der Waals surface area (Å²) in [7, 11) is -3.22. The summed E-state index contributed by atoms with van der Waals surface area (Å²) >= 11 is 0. The summed E-state index contributed by atoms with van der Waals surface area (Å²) in [6, 6.07) is 12.8. The monoisotopic (exact) mass is 373 g/mol. The van der Waals surface area contributed by atoms with Gasteiger partial charge in [0.25, 0.3) is 0 Å². The second-order valence-electron chi connectivity index (χ2n) is 6.93. The molecule has 0 spiro atoms. The van der Waals surface area contributed by atoms with Crippen molar-refractivity contribution in [2.45, 2.75) is 31.3 Å². The first kappa shape index (κ1) is 18.5. The maximum absolute atomic E-state index is 11.8. The minimum Gasteiger partial charge on any atom is -0.487 e. The van der Waals surface area contributed by atoms with Gasteiger partial charge in [0, 0.05) is 24.2 Å². The normalized spacial score (nSPS) is 16.2. The predicted octanol–water partition coefficient (Wildman–Crippen LogP) is 2.83. The smallest absolute Gasteiger partial charge is 0.222 e. The Hall–Kier alpha value is -2.34. The highest BCUT2D eigenvalue weighted by Gasteiger charge is 2.26. The maximum Gasteiger partial charge on any atom is 0.222 e. The van der Waals surface area contributed by atoms with Crippen LogP contribution in [0, 0.1) is 5.92 Å². The fourth-order valence-electron chi connectivity index (χ4n) is 2.98. The summed E-state index contributed by atoms with van der Waals surface area (Å²) in [6.45, 7) is 4.19. The van der Waals surface area contributed by atoms with Crippen LogP contribution in [0.1, 0.15) is 19.4 Å².